The molecular weight excluding hydrogens is 514 g/mol. The van der Waals surface area contributed by atoms with Crippen LogP contribution in [0.2, 0.25) is 0 Å². The Bertz CT molecular complexity index is 1480. The Labute approximate surface area is 228 Å². The first kappa shape index (κ1) is 27.4. The minimum absolute atomic E-state index is 0.0739. The molecule has 0 aliphatic rings. The van der Waals surface area contributed by atoms with E-state index in [0.29, 0.717) is 30.4 Å². The molecule has 0 bridgehead atoms. The maximum atomic E-state index is 13.4. The van der Waals surface area contributed by atoms with Crippen LogP contribution in [0.5, 0.6) is 11.5 Å². The summed E-state index contributed by atoms with van der Waals surface area (Å²) in [5, 5.41) is 4.00. The van der Waals surface area contributed by atoms with Gasteiger partial charge < -0.3 is 9.47 Å². The summed E-state index contributed by atoms with van der Waals surface area (Å²) in [6.45, 7) is 2.34. The highest BCUT2D eigenvalue weighted by Gasteiger charge is 2.27. The molecule has 0 fully saturated rings. The molecule has 0 aliphatic carbocycles. The van der Waals surface area contributed by atoms with E-state index in [9.17, 15) is 13.2 Å². The molecule has 0 atom stereocenters. The Balaban J connectivity index is 1.41. The van der Waals surface area contributed by atoms with Crippen molar-refractivity contribution in [2.24, 2.45) is 5.10 Å². The summed E-state index contributed by atoms with van der Waals surface area (Å²) in [6.07, 6.45) is 1.48. The lowest BCUT2D eigenvalue weighted by atomic mass is 10.2. The van der Waals surface area contributed by atoms with Crippen LogP contribution in [0.15, 0.2) is 119 Å². The number of hydrogen-bond acceptors (Lipinski definition) is 6. The van der Waals surface area contributed by atoms with Gasteiger partial charge in [-0.25, -0.2) is 13.8 Å². The summed E-state index contributed by atoms with van der Waals surface area (Å²) < 4.78 is 39.1. The first-order chi connectivity index (χ1) is 19.0. The molecule has 0 aliphatic heterocycles. The van der Waals surface area contributed by atoms with Crippen molar-refractivity contribution in [3.05, 3.63) is 120 Å². The van der Waals surface area contributed by atoms with Crippen LogP contribution in [-0.2, 0) is 21.4 Å². The number of nitrogens with one attached hydrogen (secondary N) is 1. The minimum Gasteiger partial charge on any atom is -0.494 e. The standard InChI is InChI=1S/C30H29N3O5S/c1-2-37-27-19-15-26(16-20-27)33(39(35,36)29-11-7-4-8-12-29)22-30(34)32-31-21-24-13-17-28(18-14-24)38-23-25-9-5-3-6-10-25/h3-21H,2,22-23H2,1H3,(H,32,34)/b31-21-. The van der Waals surface area contributed by atoms with Gasteiger partial charge in [-0.15, -0.1) is 0 Å². The summed E-state index contributed by atoms with van der Waals surface area (Å²) >= 11 is 0. The number of carbonyl (C=O) groups excluding carboxylic acids is 1. The zero-order valence-corrected chi connectivity index (χ0v) is 22.3. The summed E-state index contributed by atoms with van der Waals surface area (Å²) in [4.78, 5) is 12.8. The van der Waals surface area contributed by atoms with Crippen LogP contribution >= 0.6 is 0 Å². The minimum atomic E-state index is -4.02. The van der Waals surface area contributed by atoms with Gasteiger partial charge in [-0.2, -0.15) is 5.10 Å². The topological polar surface area (TPSA) is 97.3 Å². The van der Waals surface area contributed by atoms with Gasteiger partial charge in [-0.1, -0.05) is 48.5 Å². The number of ether oxygens (including phenoxy) is 2. The van der Waals surface area contributed by atoms with Crippen molar-refractivity contribution in [1.29, 1.82) is 0 Å². The molecule has 39 heavy (non-hydrogen) atoms. The van der Waals surface area contributed by atoms with E-state index >= 15 is 0 Å². The third kappa shape index (κ3) is 7.68. The van der Waals surface area contributed by atoms with E-state index in [1.165, 1.54) is 18.3 Å². The summed E-state index contributed by atoms with van der Waals surface area (Å²) in [7, 11) is -4.02. The fraction of sp³-hybridized carbons (Fsp3) is 0.133. The van der Waals surface area contributed by atoms with Gasteiger partial charge in [-0.3, -0.25) is 9.10 Å². The predicted octanol–water partition coefficient (Wildman–Crippen LogP) is 5.01. The molecule has 200 valence electrons. The SMILES string of the molecule is CCOc1ccc(N(CC(=O)N/N=C\c2ccc(OCc3ccccc3)cc2)S(=O)(=O)c2ccccc2)cc1. The van der Waals surface area contributed by atoms with Gasteiger partial charge in [-0.05, 0) is 78.7 Å². The average molecular weight is 544 g/mol. The first-order valence-corrected chi connectivity index (χ1v) is 13.8. The smallest absolute Gasteiger partial charge is 0.264 e. The maximum absolute atomic E-state index is 13.4. The van der Waals surface area contributed by atoms with E-state index in [0.717, 1.165) is 15.4 Å². The van der Waals surface area contributed by atoms with Crippen molar-refractivity contribution in [3.63, 3.8) is 0 Å². The van der Waals surface area contributed by atoms with E-state index in [4.69, 9.17) is 9.47 Å². The Hall–Kier alpha value is -4.63. The number of amides is 1. The number of benzene rings is 4. The van der Waals surface area contributed by atoms with Crippen LogP contribution in [0.3, 0.4) is 0 Å². The van der Waals surface area contributed by atoms with Crippen molar-refractivity contribution >= 4 is 27.8 Å². The number of anilines is 1. The molecule has 0 aromatic heterocycles. The number of hydrazone groups is 1. The van der Waals surface area contributed by atoms with Crippen molar-refractivity contribution in [3.8, 4) is 11.5 Å². The molecule has 0 spiro atoms. The highest BCUT2D eigenvalue weighted by Crippen LogP contribution is 2.25. The van der Waals surface area contributed by atoms with Gasteiger partial charge in [0.05, 0.1) is 23.4 Å². The highest BCUT2D eigenvalue weighted by atomic mass is 32.2. The van der Waals surface area contributed by atoms with Gasteiger partial charge >= 0.3 is 0 Å². The number of sulfonamides is 1. The Morgan fingerprint density at radius 3 is 2.05 bits per heavy atom. The average Bonchev–Trinajstić information content (AvgIpc) is 2.97. The second-order valence-electron chi connectivity index (χ2n) is 8.39. The molecule has 0 unspecified atom stereocenters. The van der Waals surface area contributed by atoms with Crippen LogP contribution < -0.4 is 19.2 Å². The maximum Gasteiger partial charge on any atom is 0.264 e. The third-order valence-electron chi connectivity index (χ3n) is 5.59. The van der Waals surface area contributed by atoms with Crippen LogP contribution in [0.1, 0.15) is 18.1 Å². The second-order valence-corrected chi connectivity index (χ2v) is 10.3. The Morgan fingerprint density at radius 1 is 0.821 bits per heavy atom. The molecule has 1 N–H and O–H groups in total. The van der Waals surface area contributed by atoms with Gasteiger partial charge in [0.1, 0.15) is 24.7 Å². The largest absolute Gasteiger partial charge is 0.494 e. The summed E-state index contributed by atoms with van der Waals surface area (Å²) in [6, 6.07) is 31.6. The summed E-state index contributed by atoms with van der Waals surface area (Å²) in [5.41, 5.74) is 4.55. The van der Waals surface area contributed by atoms with E-state index in [-0.39, 0.29) is 4.90 Å². The number of hydrogen-bond donors (Lipinski definition) is 1. The van der Waals surface area contributed by atoms with Crippen LogP contribution in [0, 0.1) is 0 Å². The number of nitrogens with zero attached hydrogens (tertiary/aromatic N) is 2. The zero-order valence-electron chi connectivity index (χ0n) is 21.4. The highest BCUT2D eigenvalue weighted by molar-refractivity contribution is 7.92. The Kier molecular flexibility index (Phi) is 9.31. The van der Waals surface area contributed by atoms with Gasteiger partial charge in [0, 0.05) is 0 Å². The lowest BCUT2D eigenvalue weighted by Gasteiger charge is -2.24. The molecule has 4 aromatic carbocycles. The molecule has 9 heteroatoms. The summed E-state index contributed by atoms with van der Waals surface area (Å²) in [5.74, 6) is 0.712. The quantitative estimate of drug-likeness (QED) is 0.200. The molecule has 1 amide bonds. The zero-order chi connectivity index (χ0) is 27.5. The van der Waals surface area contributed by atoms with E-state index in [2.05, 4.69) is 10.5 Å². The third-order valence-corrected chi connectivity index (χ3v) is 7.37. The number of carbonyl (C=O) groups is 1. The molecule has 0 heterocycles. The van der Waals surface area contributed by atoms with E-state index in [1.54, 1.807) is 42.5 Å². The van der Waals surface area contributed by atoms with Crippen molar-refractivity contribution in [2.75, 3.05) is 17.5 Å². The van der Waals surface area contributed by atoms with E-state index < -0.39 is 22.5 Å². The van der Waals surface area contributed by atoms with E-state index in [1.807, 2.05) is 61.5 Å². The van der Waals surface area contributed by atoms with Crippen molar-refractivity contribution in [1.82, 2.24) is 5.43 Å². The fourth-order valence-corrected chi connectivity index (χ4v) is 5.09. The monoisotopic (exact) mass is 543 g/mol. The molecule has 0 radical (unpaired) electrons. The van der Waals surface area contributed by atoms with Crippen LogP contribution in [-0.4, -0.2) is 33.7 Å². The van der Waals surface area contributed by atoms with Gasteiger partial charge in [0.25, 0.3) is 15.9 Å². The Morgan fingerprint density at radius 2 is 1.41 bits per heavy atom. The lowest BCUT2D eigenvalue weighted by molar-refractivity contribution is -0.119. The molecule has 0 saturated heterocycles. The first-order valence-electron chi connectivity index (χ1n) is 12.3. The normalized spacial score (nSPS) is 11.2. The van der Waals surface area contributed by atoms with Gasteiger partial charge in [0.2, 0.25) is 0 Å². The lowest BCUT2D eigenvalue weighted by Crippen LogP contribution is -2.39. The number of rotatable bonds is 12. The van der Waals surface area contributed by atoms with Crippen molar-refractivity contribution in [2.45, 2.75) is 18.4 Å². The second kappa shape index (κ2) is 13.3. The molecule has 4 rings (SSSR count). The molecular formula is C30H29N3O5S. The van der Waals surface area contributed by atoms with Crippen molar-refractivity contribution < 1.29 is 22.7 Å². The molecule has 8 nitrogen and oxygen atoms in total. The van der Waals surface area contributed by atoms with Crippen LogP contribution in [0.25, 0.3) is 0 Å². The van der Waals surface area contributed by atoms with Gasteiger partial charge in [0.15, 0.2) is 0 Å². The predicted molar refractivity (Wildman–Crippen MR) is 152 cm³/mol. The van der Waals surface area contributed by atoms with Crippen LogP contribution in [0.4, 0.5) is 5.69 Å². The fourth-order valence-electron chi connectivity index (χ4n) is 3.65. The molecule has 0 saturated carbocycles. The molecule has 4 aromatic rings.